The molecule has 0 bridgehead atoms. The molecule has 0 fully saturated rings. The van der Waals surface area contributed by atoms with E-state index in [0.717, 1.165) is 9.13 Å². The minimum Gasteiger partial charge on any atom is -0.490 e. The number of nitrogens with one attached hydrogen (secondary N) is 2. The lowest BCUT2D eigenvalue weighted by Crippen LogP contribution is -2.48. The van der Waals surface area contributed by atoms with Gasteiger partial charge in [0.25, 0.3) is 11.8 Å². The summed E-state index contributed by atoms with van der Waals surface area (Å²) < 4.78 is 25.2. The van der Waals surface area contributed by atoms with Gasteiger partial charge in [0.05, 0.1) is 23.0 Å². The Morgan fingerprint density at radius 1 is 1.12 bits per heavy atom. The molecule has 0 aromatic heterocycles. The third-order valence-corrected chi connectivity index (χ3v) is 5.15. The average Bonchev–Trinajstić information content (AvgIpc) is 2.74. The van der Waals surface area contributed by atoms with Gasteiger partial charge in [-0.2, -0.15) is 5.10 Å². The van der Waals surface area contributed by atoms with Crippen molar-refractivity contribution < 1.29 is 23.5 Å². The van der Waals surface area contributed by atoms with Crippen LogP contribution in [0.2, 0.25) is 0 Å². The van der Waals surface area contributed by atoms with Crippen LogP contribution in [-0.2, 0) is 4.79 Å². The maximum atomic E-state index is 13.1. The summed E-state index contributed by atoms with van der Waals surface area (Å²) in [5.74, 6) is -0.293. The first-order valence-corrected chi connectivity index (χ1v) is 11.3. The van der Waals surface area contributed by atoms with Crippen molar-refractivity contribution in [1.82, 2.24) is 10.7 Å². The summed E-state index contributed by atoms with van der Waals surface area (Å²) in [6.07, 6.45) is 1.50. The number of halogens is 2. The Morgan fingerprint density at radius 3 is 2.38 bits per heavy atom. The van der Waals surface area contributed by atoms with Crippen LogP contribution in [0.25, 0.3) is 0 Å². The molecule has 2 aromatic rings. The quantitative estimate of drug-likeness (QED) is 0.262. The van der Waals surface area contributed by atoms with Crippen molar-refractivity contribution in [2.24, 2.45) is 11.0 Å². The Labute approximate surface area is 200 Å². The number of amides is 2. The van der Waals surface area contributed by atoms with E-state index < -0.39 is 23.7 Å². The van der Waals surface area contributed by atoms with Crippen LogP contribution in [0.5, 0.6) is 11.5 Å². The summed E-state index contributed by atoms with van der Waals surface area (Å²) in [5.41, 5.74) is 3.46. The van der Waals surface area contributed by atoms with Gasteiger partial charge in [0.1, 0.15) is 11.9 Å². The van der Waals surface area contributed by atoms with Crippen molar-refractivity contribution in [1.29, 1.82) is 0 Å². The molecule has 0 saturated carbocycles. The summed E-state index contributed by atoms with van der Waals surface area (Å²) in [6, 6.07) is 7.94. The van der Waals surface area contributed by atoms with E-state index in [9.17, 15) is 14.0 Å². The predicted octanol–water partition coefficient (Wildman–Crippen LogP) is 4.13. The van der Waals surface area contributed by atoms with Crippen molar-refractivity contribution in [3.8, 4) is 11.5 Å². The molecule has 2 rings (SSSR count). The van der Waals surface area contributed by atoms with Crippen LogP contribution in [0.4, 0.5) is 4.39 Å². The highest BCUT2D eigenvalue weighted by Crippen LogP contribution is 2.33. The molecule has 7 nitrogen and oxygen atoms in total. The van der Waals surface area contributed by atoms with E-state index in [1.807, 2.05) is 33.8 Å². The lowest BCUT2D eigenvalue weighted by Gasteiger charge is -2.20. The zero-order chi connectivity index (χ0) is 23.7. The maximum absolute atomic E-state index is 13.1. The van der Waals surface area contributed by atoms with Crippen LogP contribution in [0, 0.1) is 15.3 Å². The largest absolute Gasteiger partial charge is 0.490 e. The zero-order valence-electron chi connectivity index (χ0n) is 18.4. The summed E-state index contributed by atoms with van der Waals surface area (Å²) in [4.78, 5) is 25.0. The first-order valence-electron chi connectivity index (χ1n) is 10.2. The van der Waals surface area contributed by atoms with Crippen molar-refractivity contribution in [3.05, 3.63) is 56.9 Å². The smallest absolute Gasteiger partial charge is 0.262 e. The van der Waals surface area contributed by atoms with E-state index in [1.54, 1.807) is 6.07 Å². The molecule has 2 aromatic carbocycles. The molecule has 0 heterocycles. The number of carbonyl (C=O) groups excluding carboxylic acids is 2. The number of ether oxygens (including phenoxy) is 2. The van der Waals surface area contributed by atoms with Crippen LogP contribution in [0.3, 0.4) is 0 Å². The van der Waals surface area contributed by atoms with Crippen LogP contribution >= 0.6 is 22.6 Å². The lowest BCUT2D eigenvalue weighted by atomic mass is 10.0. The summed E-state index contributed by atoms with van der Waals surface area (Å²) >= 11 is 2.15. The summed E-state index contributed by atoms with van der Waals surface area (Å²) in [7, 11) is 0. The minimum absolute atomic E-state index is 0.189. The Bertz CT molecular complexity index is 964. The number of benzene rings is 2. The van der Waals surface area contributed by atoms with Crippen LogP contribution in [0.15, 0.2) is 41.5 Å². The monoisotopic (exact) mass is 555 g/mol. The van der Waals surface area contributed by atoms with Gasteiger partial charge in [0, 0.05) is 5.56 Å². The van der Waals surface area contributed by atoms with E-state index in [1.165, 1.54) is 30.5 Å². The van der Waals surface area contributed by atoms with E-state index >= 15 is 0 Å². The molecule has 0 saturated heterocycles. The molecule has 1 atom stereocenters. The lowest BCUT2D eigenvalue weighted by molar-refractivity contribution is -0.123. The van der Waals surface area contributed by atoms with Crippen molar-refractivity contribution >= 4 is 40.6 Å². The number of hydrogen-bond acceptors (Lipinski definition) is 5. The highest BCUT2D eigenvalue weighted by atomic mass is 127. The minimum atomic E-state index is -0.816. The van der Waals surface area contributed by atoms with Crippen molar-refractivity contribution in [2.45, 2.75) is 33.7 Å². The molecule has 0 aliphatic rings. The van der Waals surface area contributed by atoms with Crippen LogP contribution in [0.1, 0.15) is 43.6 Å². The summed E-state index contributed by atoms with van der Waals surface area (Å²) in [5, 5.41) is 6.70. The number of hydrogen-bond donors (Lipinski definition) is 2. The average molecular weight is 555 g/mol. The summed E-state index contributed by atoms with van der Waals surface area (Å²) in [6.45, 7) is 8.40. The van der Waals surface area contributed by atoms with Crippen molar-refractivity contribution in [3.63, 3.8) is 0 Å². The highest BCUT2D eigenvalue weighted by Gasteiger charge is 2.24. The van der Waals surface area contributed by atoms with Gasteiger partial charge in [-0.25, -0.2) is 9.82 Å². The first-order chi connectivity index (χ1) is 15.3. The molecule has 2 amide bonds. The Kier molecular flexibility index (Phi) is 9.89. The second kappa shape index (κ2) is 12.4. The van der Waals surface area contributed by atoms with Gasteiger partial charge in [-0.3, -0.25) is 9.59 Å². The van der Waals surface area contributed by atoms with Gasteiger partial charge >= 0.3 is 0 Å². The second-order valence-electron chi connectivity index (χ2n) is 7.13. The molecule has 2 N–H and O–H groups in total. The van der Waals surface area contributed by atoms with Crippen molar-refractivity contribution in [2.75, 3.05) is 13.2 Å². The van der Waals surface area contributed by atoms with Gasteiger partial charge in [0.15, 0.2) is 11.5 Å². The van der Waals surface area contributed by atoms with E-state index in [4.69, 9.17) is 9.47 Å². The third kappa shape index (κ3) is 7.18. The number of carbonyl (C=O) groups is 2. The zero-order valence-corrected chi connectivity index (χ0v) is 20.6. The Balaban J connectivity index is 2.09. The topological polar surface area (TPSA) is 89.0 Å². The Hall–Kier alpha value is -2.69. The molecular formula is C23H27FIN3O4. The number of nitrogens with zero attached hydrogens (tertiary/aromatic N) is 1. The number of hydrazone groups is 1. The van der Waals surface area contributed by atoms with E-state index in [-0.39, 0.29) is 11.5 Å². The van der Waals surface area contributed by atoms with E-state index in [0.29, 0.717) is 24.7 Å². The molecule has 0 aliphatic heterocycles. The van der Waals surface area contributed by atoms with Gasteiger partial charge in [-0.05, 0) is 84.3 Å². The van der Waals surface area contributed by atoms with Crippen LogP contribution in [-0.4, -0.2) is 37.3 Å². The fraction of sp³-hybridized carbons (Fsp3) is 0.348. The van der Waals surface area contributed by atoms with Gasteiger partial charge in [0.2, 0.25) is 0 Å². The SMILES string of the molecule is CCOc1cc(/C=N/NC(=O)C(NC(=O)c2ccc(F)cc2)C(C)C)cc(I)c1OCC. The van der Waals surface area contributed by atoms with Gasteiger partial charge in [-0.1, -0.05) is 13.8 Å². The first kappa shape index (κ1) is 25.6. The fourth-order valence-electron chi connectivity index (χ4n) is 2.81. The standard InChI is InChI=1S/C23H27FIN3O4/c1-5-31-19-12-15(11-18(25)21(19)32-6-2)13-26-28-23(30)20(14(3)4)27-22(29)16-7-9-17(24)10-8-16/h7-14,20H,5-6H2,1-4H3,(H,27,29)(H,28,30)/b26-13+. The second-order valence-corrected chi connectivity index (χ2v) is 8.29. The third-order valence-electron chi connectivity index (χ3n) is 4.35. The molecule has 9 heteroatoms. The van der Waals surface area contributed by atoms with E-state index in [2.05, 4.69) is 38.4 Å². The molecule has 172 valence electrons. The number of rotatable bonds is 10. The maximum Gasteiger partial charge on any atom is 0.262 e. The van der Waals surface area contributed by atoms with Gasteiger partial charge < -0.3 is 14.8 Å². The molecule has 32 heavy (non-hydrogen) atoms. The normalized spacial score (nSPS) is 12.0. The van der Waals surface area contributed by atoms with Crippen LogP contribution < -0.4 is 20.2 Å². The molecule has 1 unspecified atom stereocenters. The molecule has 0 spiro atoms. The molecular weight excluding hydrogens is 528 g/mol. The molecule has 0 aliphatic carbocycles. The predicted molar refractivity (Wildman–Crippen MR) is 130 cm³/mol. The fourth-order valence-corrected chi connectivity index (χ4v) is 3.59. The Morgan fingerprint density at radius 2 is 1.78 bits per heavy atom. The molecule has 0 radical (unpaired) electrons. The highest BCUT2D eigenvalue weighted by molar-refractivity contribution is 14.1. The van der Waals surface area contributed by atoms with Gasteiger partial charge in [-0.15, -0.1) is 0 Å².